The Bertz CT molecular complexity index is 917. The van der Waals surface area contributed by atoms with E-state index < -0.39 is 0 Å². The van der Waals surface area contributed by atoms with E-state index in [2.05, 4.69) is 0 Å². The molecule has 170 valence electrons. The summed E-state index contributed by atoms with van der Waals surface area (Å²) in [7, 11) is 0. The van der Waals surface area contributed by atoms with Gasteiger partial charge in [0.25, 0.3) is 0 Å². The molecule has 4 rings (SSSR count). The van der Waals surface area contributed by atoms with Gasteiger partial charge in [-0.2, -0.15) is 0 Å². The smallest absolute Gasteiger partial charge is 0.242 e. The van der Waals surface area contributed by atoms with Crippen LogP contribution in [0.4, 0.5) is 4.39 Å². The summed E-state index contributed by atoms with van der Waals surface area (Å²) in [6.45, 7) is 2.51. The van der Waals surface area contributed by atoms with E-state index in [0.29, 0.717) is 39.3 Å². The van der Waals surface area contributed by atoms with Gasteiger partial charge in [-0.05, 0) is 36.1 Å². The second-order valence-corrected chi connectivity index (χ2v) is 8.42. The van der Waals surface area contributed by atoms with Crippen molar-refractivity contribution in [1.29, 1.82) is 0 Å². The molecule has 0 spiro atoms. The van der Waals surface area contributed by atoms with Crippen molar-refractivity contribution in [3.05, 3.63) is 71.5 Å². The van der Waals surface area contributed by atoms with Crippen LogP contribution in [0.5, 0.6) is 0 Å². The molecule has 0 bridgehead atoms. The quantitative estimate of drug-likeness (QED) is 0.664. The van der Waals surface area contributed by atoms with Gasteiger partial charge in [0.15, 0.2) is 0 Å². The molecule has 2 fully saturated rings. The molecule has 0 aliphatic carbocycles. The van der Waals surface area contributed by atoms with Crippen molar-refractivity contribution in [2.75, 3.05) is 39.4 Å². The fraction of sp³-hybridized carbons (Fsp3) is 0.440. The first-order valence-corrected chi connectivity index (χ1v) is 11.1. The molecule has 0 saturated carbocycles. The maximum Gasteiger partial charge on any atom is 0.242 e. The van der Waals surface area contributed by atoms with Crippen LogP contribution in [0.3, 0.4) is 0 Å². The lowest BCUT2D eigenvalue weighted by Gasteiger charge is -2.26. The maximum absolute atomic E-state index is 13.5. The largest absolute Gasteiger partial charge is 0.381 e. The zero-order valence-corrected chi connectivity index (χ0v) is 18.1. The van der Waals surface area contributed by atoms with Gasteiger partial charge >= 0.3 is 0 Å². The van der Waals surface area contributed by atoms with Gasteiger partial charge in [0.1, 0.15) is 5.82 Å². The minimum Gasteiger partial charge on any atom is -0.381 e. The van der Waals surface area contributed by atoms with Crippen LogP contribution >= 0.6 is 0 Å². The zero-order valence-electron chi connectivity index (χ0n) is 18.1. The molecule has 32 heavy (non-hydrogen) atoms. The molecule has 2 atom stereocenters. The number of halogens is 1. The van der Waals surface area contributed by atoms with Gasteiger partial charge in [-0.1, -0.05) is 42.5 Å². The number of benzene rings is 2. The fourth-order valence-electron chi connectivity index (χ4n) is 4.21. The Morgan fingerprint density at radius 3 is 2.66 bits per heavy atom. The van der Waals surface area contributed by atoms with Crippen molar-refractivity contribution in [2.45, 2.75) is 25.6 Å². The molecule has 2 aromatic rings. The molecule has 2 heterocycles. The molecule has 2 aliphatic heterocycles. The van der Waals surface area contributed by atoms with Crippen LogP contribution < -0.4 is 0 Å². The van der Waals surface area contributed by atoms with Gasteiger partial charge in [0, 0.05) is 26.2 Å². The molecule has 0 unspecified atom stereocenters. The number of rotatable bonds is 7. The standard InChI is InChI=1S/C25H29FN2O4/c26-22-8-4-7-20(13-22)17-32-23-14-27(11-9-19-5-2-1-3-6-19)24(29)16-28(15-23)25(30)21-10-12-31-18-21/h1-8,13,21,23H,9-12,14-18H2/t21-,23-/m1/s1. The molecular formula is C25H29FN2O4. The third-order valence-electron chi connectivity index (χ3n) is 6.01. The van der Waals surface area contributed by atoms with Crippen molar-refractivity contribution in [3.8, 4) is 0 Å². The fourth-order valence-corrected chi connectivity index (χ4v) is 4.21. The summed E-state index contributed by atoms with van der Waals surface area (Å²) in [5, 5.41) is 0. The van der Waals surface area contributed by atoms with Crippen molar-refractivity contribution in [3.63, 3.8) is 0 Å². The van der Waals surface area contributed by atoms with Crippen LogP contribution in [0, 0.1) is 11.7 Å². The first-order valence-electron chi connectivity index (χ1n) is 11.1. The number of hydrogen-bond acceptors (Lipinski definition) is 4. The Kier molecular flexibility index (Phi) is 7.50. The lowest BCUT2D eigenvalue weighted by molar-refractivity contribution is -0.141. The van der Waals surface area contributed by atoms with E-state index in [-0.39, 0.29) is 42.8 Å². The van der Waals surface area contributed by atoms with Crippen LogP contribution in [-0.4, -0.2) is 67.1 Å². The number of amides is 2. The van der Waals surface area contributed by atoms with Crippen LogP contribution in [0.25, 0.3) is 0 Å². The van der Waals surface area contributed by atoms with E-state index in [9.17, 15) is 14.0 Å². The molecule has 2 amide bonds. The molecule has 0 aromatic heterocycles. The number of hydrogen-bond donors (Lipinski definition) is 0. The van der Waals surface area contributed by atoms with Crippen LogP contribution in [0.2, 0.25) is 0 Å². The van der Waals surface area contributed by atoms with E-state index in [1.54, 1.807) is 21.9 Å². The maximum atomic E-state index is 13.5. The Labute approximate surface area is 187 Å². The highest BCUT2D eigenvalue weighted by Crippen LogP contribution is 2.19. The summed E-state index contributed by atoms with van der Waals surface area (Å²) in [6.07, 6.45) is 1.05. The summed E-state index contributed by atoms with van der Waals surface area (Å²) in [5.41, 5.74) is 1.87. The van der Waals surface area contributed by atoms with Crippen molar-refractivity contribution in [1.82, 2.24) is 9.80 Å². The van der Waals surface area contributed by atoms with Crippen molar-refractivity contribution in [2.24, 2.45) is 5.92 Å². The average molecular weight is 441 g/mol. The lowest BCUT2D eigenvalue weighted by Crippen LogP contribution is -2.43. The minimum absolute atomic E-state index is 0.0456. The molecule has 0 radical (unpaired) electrons. The molecule has 2 aliphatic rings. The van der Waals surface area contributed by atoms with Gasteiger partial charge in [-0.15, -0.1) is 0 Å². The highest BCUT2D eigenvalue weighted by Gasteiger charge is 2.35. The average Bonchev–Trinajstić information content (AvgIpc) is 3.29. The number of carbonyl (C=O) groups is 2. The normalized spacial score (nSPS) is 21.6. The first kappa shape index (κ1) is 22.4. The third-order valence-corrected chi connectivity index (χ3v) is 6.01. The highest BCUT2D eigenvalue weighted by atomic mass is 19.1. The summed E-state index contributed by atoms with van der Waals surface area (Å²) >= 11 is 0. The van der Waals surface area contributed by atoms with E-state index in [0.717, 1.165) is 17.5 Å². The SMILES string of the molecule is O=C1CN(C(=O)[C@@H]2CCOC2)C[C@H](OCc2cccc(F)c2)CN1CCc1ccccc1. The number of nitrogens with zero attached hydrogens (tertiary/aromatic N) is 2. The zero-order chi connectivity index (χ0) is 22.3. The highest BCUT2D eigenvalue weighted by molar-refractivity contribution is 5.86. The van der Waals surface area contributed by atoms with Crippen molar-refractivity contribution < 1.29 is 23.5 Å². The second kappa shape index (κ2) is 10.7. The van der Waals surface area contributed by atoms with Gasteiger partial charge in [0.2, 0.25) is 11.8 Å². The third kappa shape index (κ3) is 5.93. The Balaban J connectivity index is 1.45. The molecular weight excluding hydrogens is 411 g/mol. The van der Waals surface area contributed by atoms with E-state index >= 15 is 0 Å². The summed E-state index contributed by atoms with van der Waals surface area (Å²) in [4.78, 5) is 29.4. The summed E-state index contributed by atoms with van der Waals surface area (Å²) < 4.78 is 25.0. The predicted molar refractivity (Wildman–Crippen MR) is 117 cm³/mol. The summed E-state index contributed by atoms with van der Waals surface area (Å²) in [6, 6.07) is 16.3. The monoisotopic (exact) mass is 440 g/mol. The van der Waals surface area contributed by atoms with Crippen LogP contribution in [0.1, 0.15) is 17.5 Å². The molecule has 7 heteroatoms. The van der Waals surface area contributed by atoms with Crippen LogP contribution in [-0.2, 0) is 32.1 Å². The number of ether oxygens (including phenoxy) is 2. The molecule has 0 N–H and O–H groups in total. The van der Waals surface area contributed by atoms with Gasteiger partial charge in [-0.3, -0.25) is 9.59 Å². The van der Waals surface area contributed by atoms with Gasteiger partial charge in [-0.25, -0.2) is 4.39 Å². The Morgan fingerprint density at radius 1 is 1.09 bits per heavy atom. The molecule has 6 nitrogen and oxygen atoms in total. The molecule has 2 aromatic carbocycles. The summed E-state index contributed by atoms with van der Waals surface area (Å²) in [5.74, 6) is -0.655. The van der Waals surface area contributed by atoms with E-state index in [4.69, 9.17) is 9.47 Å². The Morgan fingerprint density at radius 2 is 1.91 bits per heavy atom. The lowest BCUT2D eigenvalue weighted by atomic mass is 10.1. The predicted octanol–water partition coefficient (Wildman–Crippen LogP) is 2.66. The van der Waals surface area contributed by atoms with Gasteiger partial charge < -0.3 is 19.3 Å². The minimum atomic E-state index is -0.355. The topological polar surface area (TPSA) is 59.1 Å². The van der Waals surface area contributed by atoms with E-state index in [1.807, 2.05) is 30.3 Å². The van der Waals surface area contributed by atoms with E-state index in [1.165, 1.54) is 12.1 Å². The van der Waals surface area contributed by atoms with Crippen molar-refractivity contribution >= 4 is 11.8 Å². The molecule has 2 saturated heterocycles. The Hall–Kier alpha value is -2.77. The second-order valence-electron chi connectivity index (χ2n) is 8.42. The van der Waals surface area contributed by atoms with Gasteiger partial charge in [0.05, 0.1) is 31.8 Å². The number of carbonyl (C=O) groups excluding carboxylic acids is 2. The first-order chi connectivity index (χ1) is 15.6. The van der Waals surface area contributed by atoms with Crippen LogP contribution in [0.15, 0.2) is 54.6 Å².